The number of hydrogen-bond donors (Lipinski definition) is 2. The summed E-state index contributed by atoms with van der Waals surface area (Å²) in [5.41, 5.74) is 0.883. The van der Waals surface area contributed by atoms with E-state index in [1.807, 2.05) is 30.3 Å². The van der Waals surface area contributed by atoms with Gasteiger partial charge in [-0.2, -0.15) is 0 Å². The first-order valence-corrected chi connectivity index (χ1v) is 8.90. The zero-order valence-corrected chi connectivity index (χ0v) is 14.3. The van der Waals surface area contributed by atoms with Gasteiger partial charge in [0.2, 0.25) is 5.91 Å². The third kappa shape index (κ3) is 9.07. The van der Waals surface area contributed by atoms with Crippen LogP contribution in [-0.2, 0) is 9.53 Å². The predicted molar refractivity (Wildman–Crippen MR) is 92.0 cm³/mol. The molecule has 0 saturated carbocycles. The molecule has 22 heavy (non-hydrogen) atoms. The minimum absolute atomic E-state index is 0.0160. The van der Waals surface area contributed by atoms with Gasteiger partial charge in [0.05, 0.1) is 18.5 Å². The normalized spacial score (nSPS) is 12.4. The number of amides is 1. The first-order valence-electron chi connectivity index (χ1n) is 7.74. The van der Waals surface area contributed by atoms with E-state index in [-0.39, 0.29) is 5.91 Å². The second-order valence-electron chi connectivity index (χ2n) is 5.59. The highest BCUT2D eigenvalue weighted by Crippen LogP contribution is 2.17. The Morgan fingerprint density at radius 1 is 1.27 bits per heavy atom. The summed E-state index contributed by atoms with van der Waals surface area (Å²) < 4.78 is 5.43. The van der Waals surface area contributed by atoms with Gasteiger partial charge in [0.25, 0.3) is 0 Å². The number of benzene rings is 1. The smallest absolute Gasteiger partial charge is 0.230 e. The van der Waals surface area contributed by atoms with Crippen LogP contribution in [0.3, 0.4) is 0 Å². The fourth-order valence-corrected chi connectivity index (χ4v) is 2.59. The summed E-state index contributed by atoms with van der Waals surface area (Å²) >= 11 is 1.43. The Balaban J connectivity index is 2.01. The molecule has 0 radical (unpaired) electrons. The maximum Gasteiger partial charge on any atom is 0.230 e. The Morgan fingerprint density at radius 2 is 2.00 bits per heavy atom. The highest BCUT2D eigenvalue weighted by molar-refractivity contribution is 7.99. The van der Waals surface area contributed by atoms with Crippen molar-refractivity contribution < 1.29 is 14.6 Å². The van der Waals surface area contributed by atoms with Gasteiger partial charge in [-0.3, -0.25) is 4.79 Å². The lowest BCUT2D eigenvalue weighted by Gasteiger charge is -2.11. The molecule has 0 aromatic heterocycles. The molecule has 1 aromatic carbocycles. The average molecular weight is 325 g/mol. The summed E-state index contributed by atoms with van der Waals surface area (Å²) in [5.74, 6) is 1.50. The van der Waals surface area contributed by atoms with Crippen LogP contribution in [0.2, 0.25) is 0 Å². The van der Waals surface area contributed by atoms with Crippen molar-refractivity contribution in [3.05, 3.63) is 35.9 Å². The van der Waals surface area contributed by atoms with E-state index in [1.54, 1.807) is 0 Å². The molecular weight excluding hydrogens is 298 g/mol. The first-order chi connectivity index (χ1) is 10.6. The highest BCUT2D eigenvalue weighted by Gasteiger charge is 2.08. The average Bonchev–Trinajstić information content (AvgIpc) is 2.51. The van der Waals surface area contributed by atoms with Crippen LogP contribution in [0.4, 0.5) is 0 Å². The summed E-state index contributed by atoms with van der Waals surface area (Å²) in [6.07, 6.45) is 0.514. The Labute approximate surface area is 137 Å². The van der Waals surface area contributed by atoms with Crippen LogP contribution in [-0.4, -0.2) is 42.3 Å². The second kappa shape index (κ2) is 11.5. The molecule has 5 heteroatoms. The van der Waals surface area contributed by atoms with E-state index in [0.717, 1.165) is 18.6 Å². The topological polar surface area (TPSA) is 58.6 Å². The lowest BCUT2D eigenvalue weighted by atomic mass is 10.1. The summed E-state index contributed by atoms with van der Waals surface area (Å²) in [6, 6.07) is 9.49. The van der Waals surface area contributed by atoms with Crippen LogP contribution in [0, 0.1) is 5.92 Å². The van der Waals surface area contributed by atoms with Gasteiger partial charge in [0.1, 0.15) is 0 Å². The number of hydrogen-bond acceptors (Lipinski definition) is 4. The molecule has 0 aliphatic rings. The SMILES string of the molecule is CC(C)CCOCCNC(=O)CSCC(O)c1ccccc1. The van der Waals surface area contributed by atoms with E-state index in [1.165, 1.54) is 11.8 Å². The number of aliphatic hydroxyl groups excluding tert-OH is 1. The highest BCUT2D eigenvalue weighted by atomic mass is 32.2. The van der Waals surface area contributed by atoms with Crippen molar-refractivity contribution >= 4 is 17.7 Å². The standard InChI is InChI=1S/C17H27NO3S/c1-14(2)8-10-21-11-9-18-17(20)13-22-12-16(19)15-6-4-3-5-7-15/h3-7,14,16,19H,8-13H2,1-2H3,(H,18,20). The fraction of sp³-hybridized carbons (Fsp3) is 0.588. The number of carbonyl (C=O) groups is 1. The number of rotatable bonds is 11. The Morgan fingerprint density at radius 3 is 2.68 bits per heavy atom. The van der Waals surface area contributed by atoms with Gasteiger partial charge in [0, 0.05) is 18.9 Å². The molecular formula is C17H27NO3S. The molecule has 0 heterocycles. The van der Waals surface area contributed by atoms with Crippen LogP contribution in [0.1, 0.15) is 31.9 Å². The minimum atomic E-state index is -0.529. The van der Waals surface area contributed by atoms with Gasteiger partial charge in [-0.05, 0) is 17.9 Å². The van der Waals surface area contributed by atoms with Crippen molar-refractivity contribution in [2.45, 2.75) is 26.4 Å². The van der Waals surface area contributed by atoms with E-state index in [2.05, 4.69) is 19.2 Å². The molecule has 0 spiro atoms. The molecule has 1 atom stereocenters. The lowest BCUT2D eigenvalue weighted by Crippen LogP contribution is -2.29. The molecule has 0 aliphatic carbocycles. The van der Waals surface area contributed by atoms with Gasteiger partial charge >= 0.3 is 0 Å². The number of ether oxygens (including phenoxy) is 1. The van der Waals surface area contributed by atoms with E-state index in [9.17, 15) is 9.90 Å². The molecule has 124 valence electrons. The molecule has 1 amide bonds. The molecule has 0 fully saturated rings. The zero-order chi connectivity index (χ0) is 16.2. The van der Waals surface area contributed by atoms with E-state index < -0.39 is 6.10 Å². The molecule has 4 nitrogen and oxygen atoms in total. The zero-order valence-electron chi connectivity index (χ0n) is 13.5. The molecule has 0 bridgehead atoms. The van der Waals surface area contributed by atoms with E-state index in [4.69, 9.17) is 4.74 Å². The number of aliphatic hydroxyl groups is 1. The van der Waals surface area contributed by atoms with Crippen LogP contribution < -0.4 is 5.32 Å². The third-order valence-corrected chi connectivity index (χ3v) is 4.12. The summed E-state index contributed by atoms with van der Waals surface area (Å²) in [4.78, 5) is 11.6. The van der Waals surface area contributed by atoms with E-state index in [0.29, 0.717) is 30.6 Å². The van der Waals surface area contributed by atoms with Crippen molar-refractivity contribution in [2.75, 3.05) is 31.3 Å². The predicted octanol–water partition coefficient (Wildman–Crippen LogP) is 2.63. The summed E-state index contributed by atoms with van der Waals surface area (Å²) in [6.45, 7) is 6.15. The Kier molecular flexibility index (Phi) is 9.95. The molecule has 1 unspecified atom stereocenters. The van der Waals surface area contributed by atoms with Gasteiger partial charge < -0.3 is 15.2 Å². The third-order valence-electron chi connectivity index (χ3n) is 3.10. The van der Waals surface area contributed by atoms with Crippen molar-refractivity contribution in [2.24, 2.45) is 5.92 Å². The van der Waals surface area contributed by atoms with Crippen molar-refractivity contribution in [3.63, 3.8) is 0 Å². The first kappa shape index (κ1) is 19.0. The fourth-order valence-electron chi connectivity index (χ4n) is 1.77. The quantitative estimate of drug-likeness (QED) is 0.614. The van der Waals surface area contributed by atoms with Crippen LogP contribution in [0.15, 0.2) is 30.3 Å². The van der Waals surface area contributed by atoms with Gasteiger partial charge in [0.15, 0.2) is 0 Å². The van der Waals surface area contributed by atoms with E-state index >= 15 is 0 Å². The molecule has 1 aromatic rings. The minimum Gasteiger partial charge on any atom is -0.388 e. The molecule has 2 N–H and O–H groups in total. The Bertz CT molecular complexity index is 412. The van der Waals surface area contributed by atoms with Gasteiger partial charge in [-0.1, -0.05) is 44.2 Å². The van der Waals surface area contributed by atoms with Crippen molar-refractivity contribution in [1.29, 1.82) is 0 Å². The maximum atomic E-state index is 11.6. The van der Waals surface area contributed by atoms with Gasteiger partial charge in [-0.15, -0.1) is 11.8 Å². The number of nitrogens with one attached hydrogen (secondary N) is 1. The number of thioether (sulfide) groups is 1. The molecule has 0 aliphatic heterocycles. The summed E-state index contributed by atoms with van der Waals surface area (Å²) in [5, 5.41) is 12.8. The lowest BCUT2D eigenvalue weighted by molar-refractivity contribution is -0.118. The van der Waals surface area contributed by atoms with Crippen LogP contribution in [0.25, 0.3) is 0 Å². The van der Waals surface area contributed by atoms with Crippen LogP contribution in [0.5, 0.6) is 0 Å². The second-order valence-corrected chi connectivity index (χ2v) is 6.62. The number of carbonyl (C=O) groups excluding carboxylic acids is 1. The molecule has 0 saturated heterocycles. The van der Waals surface area contributed by atoms with Crippen molar-refractivity contribution in [1.82, 2.24) is 5.32 Å². The summed E-state index contributed by atoms with van der Waals surface area (Å²) in [7, 11) is 0. The maximum absolute atomic E-state index is 11.6. The monoisotopic (exact) mass is 325 g/mol. The molecule has 1 rings (SSSR count). The largest absolute Gasteiger partial charge is 0.388 e. The van der Waals surface area contributed by atoms with Crippen molar-refractivity contribution in [3.8, 4) is 0 Å². The van der Waals surface area contributed by atoms with Gasteiger partial charge in [-0.25, -0.2) is 0 Å². The Hall–Kier alpha value is -1.04. The van der Waals surface area contributed by atoms with Crippen LogP contribution >= 0.6 is 11.8 Å².